The first-order valence-corrected chi connectivity index (χ1v) is 9.69. The standard InChI is InChI=1S/C22H17ClN2O4/c23-16-1-4-19-15(9-16)11-20(29-19)21(26)24-17-2-3-18-13(10-17)5-7-25(18)22(27)14-6-8-28-12-14/h1-4,6,8-10,12,20H,5,7,11H2,(H,24,26). The van der Waals surface area contributed by atoms with Crippen LogP contribution in [-0.2, 0) is 17.6 Å². The monoisotopic (exact) mass is 408 g/mol. The van der Waals surface area contributed by atoms with E-state index in [2.05, 4.69) is 5.32 Å². The van der Waals surface area contributed by atoms with Crippen molar-refractivity contribution in [3.63, 3.8) is 0 Å². The predicted octanol–water partition coefficient (Wildman–Crippen LogP) is 4.08. The fourth-order valence-electron chi connectivity index (χ4n) is 3.82. The van der Waals surface area contributed by atoms with Crippen molar-refractivity contribution in [3.8, 4) is 5.75 Å². The van der Waals surface area contributed by atoms with Crippen molar-refractivity contribution in [3.05, 3.63) is 76.7 Å². The Kier molecular flexibility index (Phi) is 4.28. The summed E-state index contributed by atoms with van der Waals surface area (Å²) in [5.41, 5.74) is 4.01. The van der Waals surface area contributed by atoms with Gasteiger partial charge in [0.05, 0.1) is 11.8 Å². The predicted molar refractivity (Wildman–Crippen MR) is 109 cm³/mol. The molecule has 2 aliphatic rings. The smallest absolute Gasteiger partial charge is 0.265 e. The lowest BCUT2D eigenvalue weighted by atomic mass is 10.1. The highest BCUT2D eigenvalue weighted by atomic mass is 35.5. The number of carbonyl (C=O) groups is 2. The molecule has 1 aromatic heterocycles. The second-order valence-electron chi connectivity index (χ2n) is 7.11. The van der Waals surface area contributed by atoms with Crippen LogP contribution < -0.4 is 15.0 Å². The first-order valence-electron chi connectivity index (χ1n) is 9.31. The number of carbonyl (C=O) groups excluding carboxylic acids is 2. The van der Waals surface area contributed by atoms with E-state index < -0.39 is 6.10 Å². The van der Waals surface area contributed by atoms with Crippen molar-refractivity contribution in [2.75, 3.05) is 16.8 Å². The lowest BCUT2D eigenvalue weighted by Gasteiger charge is -2.17. The lowest BCUT2D eigenvalue weighted by Crippen LogP contribution is -2.31. The minimum Gasteiger partial charge on any atom is -0.480 e. The fourth-order valence-corrected chi connectivity index (χ4v) is 4.01. The van der Waals surface area contributed by atoms with Crippen molar-refractivity contribution in [2.45, 2.75) is 18.9 Å². The molecular weight excluding hydrogens is 392 g/mol. The number of nitrogens with zero attached hydrogens (tertiary/aromatic N) is 1. The van der Waals surface area contributed by atoms with Gasteiger partial charge in [0.2, 0.25) is 0 Å². The fraction of sp³-hybridized carbons (Fsp3) is 0.182. The molecule has 7 heteroatoms. The number of fused-ring (bicyclic) bond motifs is 2. The molecule has 0 saturated heterocycles. The topological polar surface area (TPSA) is 71.8 Å². The highest BCUT2D eigenvalue weighted by Gasteiger charge is 2.30. The van der Waals surface area contributed by atoms with Crippen LogP contribution in [0.2, 0.25) is 5.02 Å². The molecular formula is C22H17ClN2O4. The number of amides is 2. The van der Waals surface area contributed by atoms with Gasteiger partial charge in [-0.1, -0.05) is 11.6 Å². The molecule has 2 aliphatic heterocycles. The van der Waals surface area contributed by atoms with Crippen molar-refractivity contribution >= 4 is 34.8 Å². The molecule has 3 aromatic rings. The molecule has 1 unspecified atom stereocenters. The molecule has 2 amide bonds. The summed E-state index contributed by atoms with van der Waals surface area (Å²) in [6.45, 7) is 0.596. The van der Waals surface area contributed by atoms with Crippen molar-refractivity contribution in [2.24, 2.45) is 0 Å². The van der Waals surface area contributed by atoms with Gasteiger partial charge in [-0.05, 0) is 60.0 Å². The molecule has 146 valence electrons. The number of hydrogen-bond acceptors (Lipinski definition) is 4. The van der Waals surface area contributed by atoms with E-state index >= 15 is 0 Å². The van der Waals surface area contributed by atoms with Crippen LogP contribution in [0, 0.1) is 0 Å². The number of hydrogen-bond donors (Lipinski definition) is 1. The Balaban J connectivity index is 1.29. The Labute approximate surface area is 172 Å². The maximum atomic E-state index is 12.7. The first kappa shape index (κ1) is 17.8. The molecule has 2 aromatic carbocycles. The Morgan fingerprint density at radius 2 is 2.00 bits per heavy atom. The van der Waals surface area contributed by atoms with Gasteiger partial charge < -0.3 is 19.4 Å². The van der Waals surface area contributed by atoms with Crippen molar-refractivity contribution in [1.29, 1.82) is 0 Å². The van der Waals surface area contributed by atoms with Gasteiger partial charge in [0.1, 0.15) is 12.0 Å². The largest absolute Gasteiger partial charge is 0.480 e. The van der Waals surface area contributed by atoms with Gasteiger partial charge in [-0.25, -0.2) is 0 Å². The van der Waals surface area contributed by atoms with Crippen LogP contribution in [0.5, 0.6) is 5.75 Å². The third-order valence-corrected chi connectivity index (χ3v) is 5.48. The van der Waals surface area contributed by atoms with Crippen LogP contribution in [0.1, 0.15) is 21.5 Å². The summed E-state index contributed by atoms with van der Waals surface area (Å²) in [5.74, 6) is 0.392. The molecule has 0 radical (unpaired) electrons. The molecule has 0 fully saturated rings. The third kappa shape index (κ3) is 3.25. The zero-order chi connectivity index (χ0) is 20.0. The minimum absolute atomic E-state index is 0.0925. The molecule has 5 rings (SSSR count). The Bertz CT molecular complexity index is 1110. The average Bonchev–Trinajstić information content (AvgIpc) is 3.45. The van der Waals surface area contributed by atoms with E-state index in [0.717, 1.165) is 23.2 Å². The van der Waals surface area contributed by atoms with Crippen LogP contribution >= 0.6 is 11.6 Å². The number of halogens is 1. The van der Waals surface area contributed by atoms with Gasteiger partial charge in [0, 0.05) is 29.4 Å². The van der Waals surface area contributed by atoms with E-state index in [1.54, 1.807) is 29.2 Å². The van der Waals surface area contributed by atoms with Gasteiger partial charge >= 0.3 is 0 Å². The molecule has 0 saturated carbocycles. The number of anilines is 2. The summed E-state index contributed by atoms with van der Waals surface area (Å²) < 4.78 is 10.8. The molecule has 0 aliphatic carbocycles. The van der Waals surface area contributed by atoms with E-state index in [-0.39, 0.29) is 11.8 Å². The zero-order valence-electron chi connectivity index (χ0n) is 15.4. The van der Waals surface area contributed by atoms with E-state index in [1.807, 2.05) is 18.2 Å². The summed E-state index contributed by atoms with van der Waals surface area (Å²) in [4.78, 5) is 27.0. The summed E-state index contributed by atoms with van der Waals surface area (Å²) >= 11 is 6.01. The summed E-state index contributed by atoms with van der Waals surface area (Å²) in [6.07, 6.45) is 3.56. The summed E-state index contributed by atoms with van der Waals surface area (Å²) in [7, 11) is 0. The highest BCUT2D eigenvalue weighted by molar-refractivity contribution is 6.30. The van der Waals surface area contributed by atoms with E-state index in [4.69, 9.17) is 20.8 Å². The van der Waals surface area contributed by atoms with Gasteiger partial charge in [0.15, 0.2) is 6.10 Å². The molecule has 1 N–H and O–H groups in total. The normalized spacial score (nSPS) is 16.9. The molecule has 29 heavy (non-hydrogen) atoms. The first-order chi connectivity index (χ1) is 14.1. The maximum absolute atomic E-state index is 12.7. The van der Waals surface area contributed by atoms with Gasteiger partial charge in [-0.2, -0.15) is 0 Å². The molecule has 1 atom stereocenters. The summed E-state index contributed by atoms with van der Waals surface area (Å²) in [5, 5.41) is 3.55. The second-order valence-corrected chi connectivity index (χ2v) is 7.55. The van der Waals surface area contributed by atoms with E-state index in [1.165, 1.54) is 12.5 Å². The van der Waals surface area contributed by atoms with Crippen LogP contribution in [0.3, 0.4) is 0 Å². The second kappa shape index (κ2) is 6.97. The van der Waals surface area contributed by atoms with E-state index in [0.29, 0.717) is 35.0 Å². The van der Waals surface area contributed by atoms with Crippen LogP contribution in [0.15, 0.2) is 59.4 Å². The summed E-state index contributed by atoms with van der Waals surface area (Å²) in [6, 6.07) is 12.6. The Morgan fingerprint density at radius 1 is 1.10 bits per heavy atom. The number of ether oxygens (including phenoxy) is 1. The van der Waals surface area contributed by atoms with E-state index in [9.17, 15) is 9.59 Å². The van der Waals surface area contributed by atoms with Gasteiger partial charge in [0.25, 0.3) is 11.8 Å². The van der Waals surface area contributed by atoms with Gasteiger partial charge in [-0.3, -0.25) is 9.59 Å². The SMILES string of the molecule is O=C(Nc1ccc2c(c1)CCN2C(=O)c1ccoc1)C1Cc2cc(Cl)ccc2O1. The maximum Gasteiger partial charge on any atom is 0.265 e. The minimum atomic E-state index is -0.587. The highest BCUT2D eigenvalue weighted by Crippen LogP contribution is 2.33. The molecule has 0 spiro atoms. The quantitative estimate of drug-likeness (QED) is 0.708. The zero-order valence-corrected chi connectivity index (χ0v) is 16.1. The van der Waals surface area contributed by atoms with Crippen LogP contribution in [0.4, 0.5) is 11.4 Å². The number of rotatable bonds is 3. The third-order valence-electron chi connectivity index (χ3n) is 5.25. The number of furan rings is 1. The van der Waals surface area contributed by atoms with Crippen molar-refractivity contribution < 1.29 is 18.7 Å². The number of benzene rings is 2. The van der Waals surface area contributed by atoms with Gasteiger partial charge in [-0.15, -0.1) is 0 Å². The van der Waals surface area contributed by atoms with Crippen LogP contribution in [-0.4, -0.2) is 24.5 Å². The van der Waals surface area contributed by atoms with Crippen molar-refractivity contribution in [1.82, 2.24) is 0 Å². The molecule has 6 nitrogen and oxygen atoms in total. The average molecular weight is 409 g/mol. The lowest BCUT2D eigenvalue weighted by molar-refractivity contribution is -0.122. The Hall–Kier alpha value is -3.25. The Morgan fingerprint density at radius 3 is 2.83 bits per heavy atom. The van der Waals surface area contributed by atoms with Crippen LogP contribution in [0.25, 0.3) is 0 Å². The number of nitrogens with one attached hydrogen (secondary N) is 1. The molecule has 0 bridgehead atoms. The molecule has 3 heterocycles.